The highest BCUT2D eigenvalue weighted by molar-refractivity contribution is 5.87. The largest absolute Gasteiger partial charge is 0.493 e. The lowest BCUT2D eigenvalue weighted by Gasteiger charge is -2.28. The van der Waals surface area contributed by atoms with Crippen molar-refractivity contribution < 1.29 is 9.53 Å². The molecule has 7 heteroatoms. The average molecular weight is 434 g/mol. The monoisotopic (exact) mass is 433 g/mol. The first-order valence-corrected chi connectivity index (χ1v) is 11.0. The molecule has 32 heavy (non-hydrogen) atoms. The molecule has 1 aliphatic heterocycles. The van der Waals surface area contributed by atoms with Crippen LogP contribution in [0.15, 0.2) is 53.7 Å². The van der Waals surface area contributed by atoms with Crippen molar-refractivity contribution in [1.82, 2.24) is 20.5 Å². The van der Waals surface area contributed by atoms with E-state index in [4.69, 9.17) is 4.74 Å². The Balaban J connectivity index is 1.47. The third-order valence-corrected chi connectivity index (χ3v) is 5.82. The molecule has 1 amide bonds. The number of H-pyrrole nitrogens is 1. The summed E-state index contributed by atoms with van der Waals surface area (Å²) >= 11 is 0. The van der Waals surface area contributed by atoms with E-state index in [0.29, 0.717) is 19.1 Å². The predicted molar refractivity (Wildman–Crippen MR) is 128 cm³/mol. The highest BCUT2D eigenvalue weighted by atomic mass is 16.5. The van der Waals surface area contributed by atoms with Crippen LogP contribution in [-0.2, 0) is 11.2 Å². The maximum Gasteiger partial charge on any atom is 0.243 e. The Morgan fingerprint density at radius 3 is 2.91 bits per heavy atom. The molecule has 0 aliphatic carbocycles. The summed E-state index contributed by atoms with van der Waals surface area (Å²) in [5.74, 6) is 1.50. The van der Waals surface area contributed by atoms with E-state index in [9.17, 15) is 4.79 Å². The molecule has 1 aliphatic rings. The molecule has 0 saturated heterocycles. The zero-order valence-electron chi connectivity index (χ0n) is 18.9. The van der Waals surface area contributed by atoms with Crippen molar-refractivity contribution in [2.24, 2.45) is 4.99 Å². The van der Waals surface area contributed by atoms with E-state index in [1.54, 1.807) is 19.0 Å². The molecule has 0 spiro atoms. The van der Waals surface area contributed by atoms with Crippen molar-refractivity contribution in [3.8, 4) is 5.75 Å². The van der Waals surface area contributed by atoms with E-state index in [1.807, 2.05) is 18.2 Å². The average Bonchev–Trinajstić information content (AvgIpc) is 3.21. The molecule has 3 N–H and O–H groups in total. The Bertz CT molecular complexity index is 1120. The van der Waals surface area contributed by atoms with Gasteiger partial charge in [-0.25, -0.2) is 4.99 Å². The number of benzene rings is 2. The van der Waals surface area contributed by atoms with Crippen LogP contribution in [0.2, 0.25) is 0 Å². The number of carbonyl (C=O) groups is 1. The molecule has 2 aromatic carbocycles. The highest BCUT2D eigenvalue weighted by Gasteiger charge is 2.22. The number of ether oxygens (including phenoxy) is 1. The number of para-hydroxylation sites is 1. The van der Waals surface area contributed by atoms with Gasteiger partial charge >= 0.3 is 0 Å². The lowest BCUT2D eigenvalue weighted by molar-refractivity contribution is -0.127. The smallest absolute Gasteiger partial charge is 0.243 e. The maximum atomic E-state index is 12.1. The Morgan fingerprint density at radius 1 is 1.22 bits per heavy atom. The Hall–Kier alpha value is -3.48. The number of rotatable bonds is 6. The molecule has 168 valence electrons. The number of aromatic nitrogens is 1. The van der Waals surface area contributed by atoms with E-state index in [1.165, 1.54) is 16.5 Å². The van der Waals surface area contributed by atoms with Gasteiger partial charge in [-0.2, -0.15) is 0 Å². The number of likely N-dealkylation sites (N-methyl/N-ethyl adjacent to an activating group) is 1. The first-order valence-electron chi connectivity index (χ1n) is 11.0. The summed E-state index contributed by atoms with van der Waals surface area (Å²) in [7, 11) is 3.49. The second-order valence-electron chi connectivity index (χ2n) is 8.31. The van der Waals surface area contributed by atoms with Crippen LogP contribution < -0.4 is 15.4 Å². The number of amides is 1. The molecule has 1 atom stereocenters. The van der Waals surface area contributed by atoms with Crippen LogP contribution in [0.5, 0.6) is 5.75 Å². The molecule has 0 radical (unpaired) electrons. The summed E-state index contributed by atoms with van der Waals surface area (Å²) in [5, 5.41) is 8.22. The first kappa shape index (κ1) is 21.7. The second kappa shape index (κ2) is 9.77. The Kier molecular flexibility index (Phi) is 6.63. The number of hydrogen-bond donors (Lipinski definition) is 3. The van der Waals surface area contributed by atoms with Crippen molar-refractivity contribution in [2.75, 3.05) is 33.8 Å². The number of nitrogens with zero attached hydrogens (tertiary/aromatic N) is 2. The number of aryl methyl sites for hydroxylation is 1. The van der Waals surface area contributed by atoms with Gasteiger partial charge in [-0.1, -0.05) is 30.3 Å². The van der Waals surface area contributed by atoms with Crippen LogP contribution in [0.25, 0.3) is 10.9 Å². The molecule has 1 aromatic heterocycles. The minimum atomic E-state index is -0.0364. The van der Waals surface area contributed by atoms with Crippen LogP contribution in [0, 0.1) is 6.92 Å². The zero-order valence-corrected chi connectivity index (χ0v) is 18.9. The fourth-order valence-electron chi connectivity index (χ4n) is 4.06. The van der Waals surface area contributed by atoms with E-state index in [-0.39, 0.29) is 18.5 Å². The van der Waals surface area contributed by atoms with Crippen LogP contribution in [0.4, 0.5) is 0 Å². The second-order valence-corrected chi connectivity index (χ2v) is 8.31. The standard InChI is InChI=1S/C25H31N5O2/c1-17-7-6-9-21-24(17)18(15-27-21)11-13-26-25(28-16-23(31)30(2)3)29-20-12-14-32-22-10-5-4-8-19(20)22/h4-10,15,20,27H,11-14,16H2,1-3H3,(H2,26,28,29). The van der Waals surface area contributed by atoms with Crippen molar-refractivity contribution in [3.05, 3.63) is 65.4 Å². The summed E-state index contributed by atoms with van der Waals surface area (Å²) in [6, 6.07) is 14.4. The van der Waals surface area contributed by atoms with Gasteiger partial charge in [0.25, 0.3) is 0 Å². The third-order valence-electron chi connectivity index (χ3n) is 5.82. The number of fused-ring (bicyclic) bond motifs is 2. The number of nitrogens with one attached hydrogen (secondary N) is 3. The van der Waals surface area contributed by atoms with Gasteiger partial charge in [0, 0.05) is 49.7 Å². The summed E-state index contributed by atoms with van der Waals surface area (Å²) in [4.78, 5) is 21.6. The molecular formula is C25H31N5O2. The highest BCUT2D eigenvalue weighted by Crippen LogP contribution is 2.31. The zero-order chi connectivity index (χ0) is 22.5. The maximum absolute atomic E-state index is 12.1. The van der Waals surface area contributed by atoms with Crippen molar-refractivity contribution in [2.45, 2.75) is 25.8 Å². The minimum absolute atomic E-state index is 0.0364. The fraction of sp³-hybridized carbons (Fsp3) is 0.360. The molecule has 0 fully saturated rings. The molecule has 7 nitrogen and oxygen atoms in total. The molecule has 3 aromatic rings. The summed E-state index contributed by atoms with van der Waals surface area (Å²) in [6.07, 6.45) is 3.76. The van der Waals surface area contributed by atoms with Gasteiger partial charge in [-0.3, -0.25) is 4.79 Å². The minimum Gasteiger partial charge on any atom is -0.493 e. The van der Waals surface area contributed by atoms with Gasteiger partial charge in [-0.15, -0.1) is 0 Å². The lowest BCUT2D eigenvalue weighted by Crippen LogP contribution is -2.42. The number of aliphatic imine (C=N–C) groups is 1. The van der Waals surface area contributed by atoms with E-state index in [0.717, 1.165) is 29.7 Å². The molecule has 1 unspecified atom stereocenters. The molecule has 2 heterocycles. The Labute approximate surface area is 188 Å². The van der Waals surface area contributed by atoms with Gasteiger partial charge < -0.3 is 25.3 Å². The summed E-state index contributed by atoms with van der Waals surface area (Å²) in [5.41, 5.74) is 4.80. The van der Waals surface area contributed by atoms with E-state index >= 15 is 0 Å². The van der Waals surface area contributed by atoms with Gasteiger partial charge in [0.15, 0.2) is 5.96 Å². The van der Waals surface area contributed by atoms with Gasteiger partial charge in [-0.05, 0) is 36.6 Å². The normalized spacial score (nSPS) is 15.7. The molecule has 0 bridgehead atoms. The number of carbonyl (C=O) groups excluding carboxylic acids is 1. The predicted octanol–water partition coefficient (Wildman–Crippen LogP) is 3.17. The van der Waals surface area contributed by atoms with Crippen molar-refractivity contribution >= 4 is 22.8 Å². The number of hydrogen-bond acceptors (Lipinski definition) is 3. The van der Waals surface area contributed by atoms with Gasteiger partial charge in [0.1, 0.15) is 12.3 Å². The van der Waals surface area contributed by atoms with Gasteiger partial charge in [0.05, 0.1) is 12.6 Å². The first-order chi connectivity index (χ1) is 15.5. The van der Waals surface area contributed by atoms with Gasteiger partial charge in [0.2, 0.25) is 5.91 Å². The van der Waals surface area contributed by atoms with E-state index in [2.05, 4.69) is 58.0 Å². The summed E-state index contributed by atoms with van der Waals surface area (Å²) in [6.45, 7) is 3.58. The molecule has 0 saturated carbocycles. The van der Waals surface area contributed by atoms with Crippen molar-refractivity contribution in [1.29, 1.82) is 0 Å². The van der Waals surface area contributed by atoms with Crippen LogP contribution >= 0.6 is 0 Å². The third kappa shape index (κ3) is 4.88. The quantitative estimate of drug-likeness (QED) is 0.412. The fourth-order valence-corrected chi connectivity index (χ4v) is 4.06. The van der Waals surface area contributed by atoms with E-state index < -0.39 is 0 Å². The SMILES string of the molecule is Cc1cccc2[nH]cc(CCNC(=NCC(=O)N(C)C)NC3CCOc4ccccc43)c12. The van der Waals surface area contributed by atoms with Crippen LogP contribution in [0.1, 0.15) is 29.2 Å². The number of aromatic amines is 1. The lowest BCUT2D eigenvalue weighted by atomic mass is 10.0. The Morgan fingerprint density at radius 2 is 2.06 bits per heavy atom. The number of guanidine groups is 1. The summed E-state index contributed by atoms with van der Waals surface area (Å²) < 4.78 is 5.78. The molecule has 4 rings (SSSR count). The molecular weight excluding hydrogens is 402 g/mol. The van der Waals surface area contributed by atoms with Crippen LogP contribution in [-0.4, -0.2) is 55.5 Å². The topological polar surface area (TPSA) is 81.8 Å². The van der Waals surface area contributed by atoms with Crippen LogP contribution in [0.3, 0.4) is 0 Å². The van der Waals surface area contributed by atoms with Crippen molar-refractivity contribution in [3.63, 3.8) is 0 Å².